The van der Waals surface area contributed by atoms with Gasteiger partial charge in [0.2, 0.25) is 0 Å². The number of ether oxygens (including phenoxy) is 2. The van der Waals surface area contributed by atoms with Crippen molar-refractivity contribution in [1.29, 1.82) is 0 Å². The Labute approximate surface area is 137 Å². The summed E-state index contributed by atoms with van der Waals surface area (Å²) in [5.74, 6) is 1.06. The quantitative estimate of drug-likeness (QED) is 0.903. The van der Waals surface area contributed by atoms with E-state index in [2.05, 4.69) is 0 Å². The number of hydrogen-bond donors (Lipinski definition) is 1. The lowest BCUT2D eigenvalue weighted by atomic mass is 9.67. The molecule has 124 valence electrons. The number of aliphatic hydroxyl groups excluding tert-OH is 1. The molecule has 0 aromatic heterocycles. The van der Waals surface area contributed by atoms with E-state index in [-0.39, 0.29) is 17.0 Å². The maximum atomic E-state index is 12.8. The SMILES string of the molecule is COc1cc(C)c(C2=C(O)CC3(CCOCC3)CC2=O)c(C)c1. The van der Waals surface area contributed by atoms with Crippen LogP contribution in [0.25, 0.3) is 5.57 Å². The van der Waals surface area contributed by atoms with Crippen LogP contribution in [0.3, 0.4) is 0 Å². The Bertz CT molecular complexity index is 643. The van der Waals surface area contributed by atoms with Crippen LogP contribution in [-0.2, 0) is 9.53 Å². The Morgan fingerprint density at radius 1 is 1.13 bits per heavy atom. The molecule has 4 heteroatoms. The first-order valence-corrected chi connectivity index (χ1v) is 8.14. The molecule has 1 aromatic rings. The molecule has 0 unspecified atom stereocenters. The van der Waals surface area contributed by atoms with Crippen LogP contribution in [0.5, 0.6) is 5.75 Å². The van der Waals surface area contributed by atoms with Crippen molar-refractivity contribution in [3.8, 4) is 5.75 Å². The van der Waals surface area contributed by atoms with Gasteiger partial charge in [-0.05, 0) is 60.9 Å². The molecule has 1 aromatic carbocycles. The zero-order valence-corrected chi connectivity index (χ0v) is 14.1. The molecule has 1 aliphatic carbocycles. The highest BCUT2D eigenvalue weighted by molar-refractivity contribution is 6.23. The summed E-state index contributed by atoms with van der Waals surface area (Å²) in [6, 6.07) is 3.82. The largest absolute Gasteiger partial charge is 0.512 e. The topological polar surface area (TPSA) is 55.8 Å². The lowest BCUT2D eigenvalue weighted by Gasteiger charge is -2.40. The van der Waals surface area contributed by atoms with Crippen LogP contribution in [-0.4, -0.2) is 31.2 Å². The van der Waals surface area contributed by atoms with Crippen molar-refractivity contribution < 1.29 is 19.4 Å². The van der Waals surface area contributed by atoms with Crippen molar-refractivity contribution in [1.82, 2.24) is 0 Å². The highest BCUT2D eigenvalue weighted by Crippen LogP contribution is 2.47. The second-order valence-electron chi connectivity index (χ2n) is 6.85. The molecule has 1 heterocycles. The third-order valence-corrected chi connectivity index (χ3v) is 5.19. The molecule has 1 N–H and O–H groups in total. The van der Waals surface area contributed by atoms with Crippen LogP contribution < -0.4 is 4.74 Å². The van der Waals surface area contributed by atoms with E-state index in [1.165, 1.54) is 0 Å². The predicted octanol–water partition coefficient (Wildman–Crippen LogP) is 3.74. The average molecular weight is 316 g/mol. The summed E-state index contributed by atoms with van der Waals surface area (Å²) in [6.45, 7) is 5.27. The van der Waals surface area contributed by atoms with Gasteiger partial charge in [-0.2, -0.15) is 0 Å². The lowest BCUT2D eigenvalue weighted by Crippen LogP contribution is -2.36. The molecular formula is C19H24O4. The predicted molar refractivity (Wildman–Crippen MR) is 88.7 cm³/mol. The number of allylic oxidation sites excluding steroid dienone is 2. The molecule has 1 fully saturated rings. The average Bonchev–Trinajstić information content (AvgIpc) is 2.49. The molecular weight excluding hydrogens is 292 g/mol. The summed E-state index contributed by atoms with van der Waals surface area (Å²) < 4.78 is 10.7. The summed E-state index contributed by atoms with van der Waals surface area (Å²) in [4.78, 5) is 12.8. The van der Waals surface area contributed by atoms with Crippen molar-refractivity contribution in [3.63, 3.8) is 0 Å². The fourth-order valence-corrected chi connectivity index (χ4v) is 3.97. The van der Waals surface area contributed by atoms with Gasteiger partial charge in [-0.25, -0.2) is 0 Å². The van der Waals surface area contributed by atoms with E-state index in [1.807, 2.05) is 26.0 Å². The minimum Gasteiger partial charge on any atom is -0.512 e. The van der Waals surface area contributed by atoms with Gasteiger partial charge in [0.1, 0.15) is 11.5 Å². The fourth-order valence-electron chi connectivity index (χ4n) is 3.97. The molecule has 23 heavy (non-hydrogen) atoms. The normalized spacial score (nSPS) is 20.9. The van der Waals surface area contributed by atoms with Crippen LogP contribution >= 0.6 is 0 Å². The number of rotatable bonds is 2. The van der Waals surface area contributed by atoms with E-state index in [0.717, 1.165) is 35.3 Å². The van der Waals surface area contributed by atoms with Crippen LogP contribution in [0.4, 0.5) is 0 Å². The first-order valence-electron chi connectivity index (χ1n) is 8.14. The van der Waals surface area contributed by atoms with Crippen molar-refractivity contribution in [2.45, 2.75) is 39.5 Å². The molecule has 2 aliphatic rings. The number of ketones is 1. The summed E-state index contributed by atoms with van der Waals surface area (Å²) >= 11 is 0. The molecule has 1 saturated heterocycles. The zero-order chi connectivity index (χ0) is 16.6. The van der Waals surface area contributed by atoms with E-state index >= 15 is 0 Å². The summed E-state index contributed by atoms with van der Waals surface area (Å²) in [5, 5.41) is 10.7. The monoisotopic (exact) mass is 316 g/mol. The third-order valence-electron chi connectivity index (χ3n) is 5.19. The summed E-state index contributed by atoms with van der Waals surface area (Å²) in [7, 11) is 1.63. The number of aliphatic hydroxyl groups is 1. The van der Waals surface area contributed by atoms with Gasteiger partial charge in [0, 0.05) is 26.1 Å². The maximum Gasteiger partial charge on any atom is 0.167 e. The molecule has 1 spiro atoms. The Morgan fingerprint density at radius 3 is 2.26 bits per heavy atom. The Kier molecular flexibility index (Phi) is 4.19. The highest BCUT2D eigenvalue weighted by Gasteiger charge is 2.42. The maximum absolute atomic E-state index is 12.8. The number of Topliss-reactive ketones (excluding diaryl/α,β-unsaturated/α-hetero) is 1. The van der Waals surface area contributed by atoms with E-state index in [9.17, 15) is 9.90 Å². The molecule has 4 nitrogen and oxygen atoms in total. The first-order chi connectivity index (χ1) is 11.0. The second kappa shape index (κ2) is 6.00. The smallest absolute Gasteiger partial charge is 0.167 e. The molecule has 0 amide bonds. The van der Waals surface area contributed by atoms with Gasteiger partial charge in [0.05, 0.1) is 12.7 Å². The van der Waals surface area contributed by atoms with E-state index in [4.69, 9.17) is 9.47 Å². The van der Waals surface area contributed by atoms with Crippen molar-refractivity contribution in [2.24, 2.45) is 5.41 Å². The number of hydrogen-bond acceptors (Lipinski definition) is 4. The van der Waals surface area contributed by atoms with Gasteiger partial charge in [-0.1, -0.05) is 0 Å². The van der Waals surface area contributed by atoms with E-state index in [1.54, 1.807) is 7.11 Å². The molecule has 1 aliphatic heterocycles. The number of carbonyl (C=O) groups excluding carboxylic acids is 1. The van der Waals surface area contributed by atoms with Crippen molar-refractivity contribution in [2.75, 3.05) is 20.3 Å². The minimum absolute atomic E-state index is 0.0482. The fraction of sp³-hybridized carbons (Fsp3) is 0.526. The van der Waals surface area contributed by atoms with Gasteiger partial charge in [0.15, 0.2) is 5.78 Å². The Balaban J connectivity index is 2.03. The zero-order valence-electron chi connectivity index (χ0n) is 14.1. The molecule has 0 bridgehead atoms. The molecule has 3 rings (SSSR count). The number of methoxy groups -OCH3 is 1. The van der Waals surface area contributed by atoms with Gasteiger partial charge in [0.25, 0.3) is 0 Å². The Morgan fingerprint density at radius 2 is 1.74 bits per heavy atom. The standard InChI is InChI=1S/C19H24O4/c1-12-8-14(22-3)9-13(2)17(12)18-15(20)10-19(11-16(18)21)4-6-23-7-5-19/h8-9,20H,4-7,10-11H2,1-3H3. The van der Waals surface area contributed by atoms with Crippen molar-refractivity contribution in [3.05, 3.63) is 34.6 Å². The van der Waals surface area contributed by atoms with Gasteiger partial charge in [-0.15, -0.1) is 0 Å². The lowest BCUT2D eigenvalue weighted by molar-refractivity contribution is -0.118. The summed E-state index contributed by atoms with van der Waals surface area (Å²) in [5.41, 5.74) is 3.16. The number of aryl methyl sites for hydroxylation is 2. The molecule has 0 radical (unpaired) electrons. The van der Waals surface area contributed by atoms with Crippen LogP contribution in [0, 0.1) is 19.3 Å². The first kappa shape index (κ1) is 16.1. The summed E-state index contributed by atoms with van der Waals surface area (Å²) in [6.07, 6.45) is 2.76. The van der Waals surface area contributed by atoms with Crippen LogP contribution in [0.1, 0.15) is 42.4 Å². The van der Waals surface area contributed by atoms with Gasteiger partial charge in [-0.3, -0.25) is 4.79 Å². The minimum atomic E-state index is -0.114. The van der Waals surface area contributed by atoms with Gasteiger partial charge < -0.3 is 14.6 Å². The van der Waals surface area contributed by atoms with Crippen LogP contribution in [0.15, 0.2) is 17.9 Å². The third kappa shape index (κ3) is 2.88. The van der Waals surface area contributed by atoms with Crippen LogP contribution in [0.2, 0.25) is 0 Å². The van der Waals surface area contributed by atoms with E-state index < -0.39 is 0 Å². The number of carbonyl (C=O) groups is 1. The Hall–Kier alpha value is -1.81. The van der Waals surface area contributed by atoms with E-state index in [0.29, 0.717) is 31.6 Å². The molecule has 0 atom stereocenters. The second-order valence-corrected chi connectivity index (χ2v) is 6.85. The van der Waals surface area contributed by atoms with Gasteiger partial charge >= 0.3 is 0 Å². The highest BCUT2D eigenvalue weighted by atomic mass is 16.5. The van der Waals surface area contributed by atoms with Crippen molar-refractivity contribution >= 4 is 11.4 Å². The molecule has 0 saturated carbocycles. The number of benzene rings is 1.